The molecule has 3 aromatic rings. The minimum absolute atomic E-state index is 0.0226. The Labute approximate surface area is 169 Å². The lowest BCUT2D eigenvalue weighted by Crippen LogP contribution is -2.33. The van der Waals surface area contributed by atoms with Gasteiger partial charge in [0.05, 0.1) is 6.54 Å². The first-order valence-electron chi connectivity index (χ1n) is 10.1. The highest BCUT2D eigenvalue weighted by atomic mass is 19.4. The Morgan fingerprint density at radius 2 is 1.73 bits per heavy atom. The highest BCUT2D eigenvalue weighted by molar-refractivity contribution is 5.46. The zero-order valence-corrected chi connectivity index (χ0v) is 16.2. The molecule has 2 aliphatic rings. The molecule has 0 unspecified atom stereocenters. The highest BCUT2D eigenvalue weighted by Gasteiger charge is 2.38. The molecule has 2 aliphatic heterocycles. The van der Waals surface area contributed by atoms with Crippen LogP contribution in [0.1, 0.15) is 49.2 Å². The lowest BCUT2D eigenvalue weighted by molar-refractivity contribution is -0.157. The number of alkyl halides is 3. The summed E-state index contributed by atoms with van der Waals surface area (Å²) >= 11 is 0. The molecule has 0 aromatic carbocycles. The van der Waals surface area contributed by atoms with Crippen LogP contribution < -0.4 is 4.90 Å². The molecule has 0 amide bonds. The van der Waals surface area contributed by atoms with E-state index in [9.17, 15) is 13.2 Å². The van der Waals surface area contributed by atoms with E-state index in [1.807, 2.05) is 21.5 Å². The lowest BCUT2D eigenvalue weighted by atomic mass is 9.96. The van der Waals surface area contributed by atoms with Crippen molar-refractivity contribution in [2.45, 2.75) is 44.3 Å². The summed E-state index contributed by atoms with van der Waals surface area (Å²) in [6.07, 6.45) is -0.656. The summed E-state index contributed by atoms with van der Waals surface area (Å²) in [6.45, 7) is 3.61. The van der Waals surface area contributed by atoms with Crippen molar-refractivity contribution in [3.63, 3.8) is 0 Å². The maximum absolute atomic E-state index is 12.6. The van der Waals surface area contributed by atoms with Gasteiger partial charge in [-0.3, -0.25) is 4.90 Å². The maximum Gasteiger partial charge on any atom is 0.470 e. The minimum atomic E-state index is -4.62. The van der Waals surface area contributed by atoms with Crippen molar-refractivity contribution in [1.82, 2.24) is 34.9 Å². The lowest BCUT2D eigenvalue weighted by Gasteiger charge is -2.29. The minimum Gasteiger partial charge on any atom is -0.416 e. The van der Waals surface area contributed by atoms with E-state index in [1.165, 1.54) is 12.8 Å². The molecule has 5 rings (SSSR count). The SMILES string of the molecule is FC(F)(F)c1nnc(CN2CCC(c3nnc4ccc(N5CCCC5)nn34)CC2)o1. The molecule has 30 heavy (non-hydrogen) atoms. The topological polar surface area (TPSA) is 88.5 Å². The van der Waals surface area contributed by atoms with Crippen LogP contribution >= 0.6 is 0 Å². The fourth-order valence-corrected chi connectivity index (χ4v) is 4.14. The third kappa shape index (κ3) is 3.71. The van der Waals surface area contributed by atoms with Crippen LogP contribution in [0.5, 0.6) is 0 Å². The van der Waals surface area contributed by atoms with Crippen LogP contribution in [-0.2, 0) is 12.7 Å². The second-order valence-electron chi connectivity index (χ2n) is 7.76. The highest BCUT2D eigenvalue weighted by Crippen LogP contribution is 2.30. The van der Waals surface area contributed by atoms with E-state index in [0.717, 1.165) is 43.2 Å². The Balaban J connectivity index is 1.25. The predicted molar refractivity (Wildman–Crippen MR) is 98.8 cm³/mol. The number of piperidine rings is 1. The molecule has 160 valence electrons. The van der Waals surface area contributed by atoms with E-state index < -0.39 is 12.1 Å². The van der Waals surface area contributed by atoms with Crippen molar-refractivity contribution in [3.8, 4) is 0 Å². The fourth-order valence-electron chi connectivity index (χ4n) is 4.14. The third-order valence-electron chi connectivity index (χ3n) is 5.72. The Bertz CT molecular complexity index is 1020. The summed E-state index contributed by atoms with van der Waals surface area (Å²) in [5.74, 6) is 0.636. The number of rotatable bonds is 4. The molecular formula is C18H21F3N8O. The van der Waals surface area contributed by atoms with E-state index in [2.05, 4.69) is 25.3 Å². The van der Waals surface area contributed by atoms with Crippen LogP contribution in [0.4, 0.5) is 19.0 Å². The first kappa shape index (κ1) is 19.2. The second kappa shape index (κ2) is 7.49. The van der Waals surface area contributed by atoms with Crippen LogP contribution in [0.2, 0.25) is 0 Å². The molecule has 9 nitrogen and oxygen atoms in total. The molecule has 5 heterocycles. The zero-order valence-electron chi connectivity index (χ0n) is 16.2. The number of aromatic nitrogens is 6. The van der Waals surface area contributed by atoms with E-state index in [4.69, 9.17) is 9.52 Å². The predicted octanol–water partition coefficient (Wildman–Crippen LogP) is 2.51. The van der Waals surface area contributed by atoms with Gasteiger partial charge in [-0.25, -0.2) is 0 Å². The second-order valence-corrected chi connectivity index (χ2v) is 7.76. The molecule has 0 radical (unpaired) electrons. The van der Waals surface area contributed by atoms with E-state index in [-0.39, 0.29) is 18.4 Å². The average molecular weight is 422 g/mol. The summed E-state index contributed by atoms with van der Waals surface area (Å²) in [6, 6.07) is 3.93. The monoisotopic (exact) mass is 422 g/mol. The molecule has 3 aromatic heterocycles. The molecule has 0 N–H and O–H groups in total. The summed E-state index contributed by atoms with van der Waals surface area (Å²) in [7, 11) is 0. The van der Waals surface area contributed by atoms with Crippen LogP contribution in [0.25, 0.3) is 5.65 Å². The summed E-state index contributed by atoms with van der Waals surface area (Å²) in [5.41, 5.74) is 0.723. The van der Waals surface area contributed by atoms with Crippen LogP contribution in [0.15, 0.2) is 16.5 Å². The number of hydrogen-bond acceptors (Lipinski definition) is 8. The largest absolute Gasteiger partial charge is 0.470 e. The fraction of sp³-hybridized carbons (Fsp3) is 0.611. The van der Waals surface area contributed by atoms with Gasteiger partial charge in [0.15, 0.2) is 11.5 Å². The summed E-state index contributed by atoms with van der Waals surface area (Å²) in [4.78, 5) is 4.28. The molecule has 2 fully saturated rings. The molecular weight excluding hydrogens is 401 g/mol. The van der Waals surface area contributed by atoms with Crippen LogP contribution in [0, 0.1) is 0 Å². The average Bonchev–Trinajstić information content (AvgIpc) is 3.48. The normalized spacial score (nSPS) is 19.2. The van der Waals surface area contributed by atoms with E-state index in [1.54, 1.807) is 0 Å². The Morgan fingerprint density at radius 3 is 2.43 bits per heavy atom. The van der Waals surface area contributed by atoms with Gasteiger partial charge >= 0.3 is 12.1 Å². The number of anilines is 1. The van der Waals surface area contributed by atoms with E-state index >= 15 is 0 Å². The van der Waals surface area contributed by atoms with Gasteiger partial charge in [0.25, 0.3) is 0 Å². The molecule has 12 heteroatoms. The van der Waals surface area contributed by atoms with Crippen molar-refractivity contribution in [2.75, 3.05) is 31.1 Å². The molecule has 0 saturated carbocycles. The smallest absolute Gasteiger partial charge is 0.416 e. The third-order valence-corrected chi connectivity index (χ3v) is 5.72. The molecule has 0 aliphatic carbocycles. The molecule has 0 bridgehead atoms. The van der Waals surface area contributed by atoms with Gasteiger partial charge in [-0.15, -0.1) is 25.5 Å². The molecule has 2 saturated heterocycles. The Kier molecular flexibility index (Phi) is 4.80. The van der Waals surface area contributed by atoms with Gasteiger partial charge < -0.3 is 9.32 Å². The van der Waals surface area contributed by atoms with Crippen LogP contribution in [-0.4, -0.2) is 61.1 Å². The van der Waals surface area contributed by atoms with E-state index in [0.29, 0.717) is 13.1 Å². The van der Waals surface area contributed by atoms with Crippen molar-refractivity contribution in [2.24, 2.45) is 0 Å². The van der Waals surface area contributed by atoms with Gasteiger partial charge in [-0.2, -0.15) is 17.7 Å². The van der Waals surface area contributed by atoms with Gasteiger partial charge in [-0.1, -0.05) is 0 Å². The standard InChI is InChI=1S/C18H21F3N8O/c19-18(20,21)17-25-23-15(30-17)11-27-9-5-12(6-10-27)16-24-22-13-3-4-14(26-29(13)16)28-7-1-2-8-28/h3-4,12H,1-2,5-11H2. The number of nitrogens with zero attached hydrogens (tertiary/aromatic N) is 8. The van der Waals surface area contributed by atoms with Crippen molar-refractivity contribution in [3.05, 3.63) is 29.7 Å². The molecule has 0 atom stereocenters. The van der Waals surface area contributed by atoms with Crippen LogP contribution in [0.3, 0.4) is 0 Å². The van der Waals surface area contributed by atoms with Crippen molar-refractivity contribution in [1.29, 1.82) is 0 Å². The number of likely N-dealkylation sites (tertiary alicyclic amines) is 1. The number of halogens is 3. The Hall–Kier alpha value is -2.76. The van der Waals surface area contributed by atoms with Gasteiger partial charge in [0.2, 0.25) is 5.89 Å². The molecule has 0 spiro atoms. The zero-order chi connectivity index (χ0) is 20.7. The summed E-state index contributed by atoms with van der Waals surface area (Å²) < 4.78 is 44.4. The number of fused-ring (bicyclic) bond motifs is 1. The van der Waals surface area contributed by atoms with Gasteiger partial charge in [-0.05, 0) is 50.9 Å². The summed E-state index contributed by atoms with van der Waals surface area (Å²) in [5, 5.41) is 20.0. The first-order chi connectivity index (χ1) is 14.5. The van der Waals surface area contributed by atoms with Gasteiger partial charge in [0.1, 0.15) is 5.82 Å². The number of hydrogen-bond donors (Lipinski definition) is 0. The van der Waals surface area contributed by atoms with Gasteiger partial charge in [0, 0.05) is 19.0 Å². The first-order valence-corrected chi connectivity index (χ1v) is 10.1. The quantitative estimate of drug-likeness (QED) is 0.634. The van der Waals surface area contributed by atoms with Crippen molar-refractivity contribution >= 4 is 11.5 Å². The van der Waals surface area contributed by atoms with Crippen molar-refractivity contribution < 1.29 is 17.6 Å². The Morgan fingerprint density at radius 1 is 0.967 bits per heavy atom. The maximum atomic E-state index is 12.6.